The van der Waals surface area contributed by atoms with E-state index in [4.69, 9.17) is 0 Å². The quantitative estimate of drug-likeness (QED) is 0.826. The fourth-order valence-electron chi connectivity index (χ4n) is 3.77. The monoisotopic (exact) mass is 373 g/mol. The Morgan fingerprint density at radius 1 is 1.12 bits per heavy atom. The predicted octanol–water partition coefficient (Wildman–Crippen LogP) is 2.27. The standard InChI is InChI=1S/C17H26F3N5O/c18-17(19,20)11-24-7-4-13(5-8-24)23-15-9-16(22-12-21-15)25-6-2-1-3-14(25)10-26/h9,12-14,26H,1-8,10-11H2,(H,21,22,23). The van der Waals surface area contributed by atoms with E-state index in [1.54, 1.807) is 0 Å². The number of piperidine rings is 2. The van der Waals surface area contributed by atoms with Crippen molar-refractivity contribution >= 4 is 11.6 Å². The molecule has 0 saturated carbocycles. The van der Waals surface area contributed by atoms with Gasteiger partial charge in [0.05, 0.1) is 19.2 Å². The molecular formula is C17H26F3N5O. The maximum absolute atomic E-state index is 12.5. The minimum atomic E-state index is -4.14. The lowest BCUT2D eigenvalue weighted by atomic mass is 10.0. The van der Waals surface area contributed by atoms with Gasteiger partial charge in [-0.3, -0.25) is 4.90 Å². The van der Waals surface area contributed by atoms with Gasteiger partial charge in [-0.1, -0.05) is 0 Å². The molecule has 0 aromatic carbocycles. The first-order chi connectivity index (χ1) is 12.4. The second-order valence-corrected chi connectivity index (χ2v) is 7.10. The van der Waals surface area contributed by atoms with Gasteiger partial charge in [0.2, 0.25) is 0 Å². The lowest BCUT2D eigenvalue weighted by molar-refractivity contribution is -0.147. The number of alkyl halides is 3. The van der Waals surface area contributed by atoms with E-state index in [1.807, 2.05) is 6.07 Å². The molecule has 0 bridgehead atoms. The van der Waals surface area contributed by atoms with E-state index >= 15 is 0 Å². The van der Waals surface area contributed by atoms with Gasteiger partial charge in [0.15, 0.2) is 0 Å². The number of nitrogens with zero attached hydrogens (tertiary/aromatic N) is 4. The Labute approximate surface area is 151 Å². The average Bonchev–Trinajstić information content (AvgIpc) is 2.62. The van der Waals surface area contributed by atoms with E-state index in [1.165, 1.54) is 11.2 Å². The van der Waals surface area contributed by atoms with E-state index in [2.05, 4.69) is 20.2 Å². The fourth-order valence-corrected chi connectivity index (χ4v) is 3.77. The van der Waals surface area contributed by atoms with Crippen molar-refractivity contribution in [3.05, 3.63) is 12.4 Å². The van der Waals surface area contributed by atoms with Gasteiger partial charge in [-0.15, -0.1) is 0 Å². The molecule has 2 aliphatic rings. The average molecular weight is 373 g/mol. The van der Waals surface area contributed by atoms with E-state index < -0.39 is 12.7 Å². The molecule has 0 aliphatic carbocycles. The molecule has 0 spiro atoms. The van der Waals surface area contributed by atoms with Gasteiger partial charge in [0.1, 0.15) is 18.0 Å². The van der Waals surface area contributed by atoms with Crippen LogP contribution in [0.1, 0.15) is 32.1 Å². The Kier molecular flexibility index (Phi) is 6.18. The molecule has 1 aromatic rings. The third kappa shape index (κ3) is 5.20. The number of aromatic nitrogens is 2. The van der Waals surface area contributed by atoms with Crippen molar-refractivity contribution in [1.29, 1.82) is 0 Å². The van der Waals surface area contributed by atoms with Crippen LogP contribution in [0.15, 0.2) is 12.4 Å². The summed E-state index contributed by atoms with van der Waals surface area (Å²) in [5.41, 5.74) is 0. The summed E-state index contributed by atoms with van der Waals surface area (Å²) in [6, 6.07) is 2.06. The number of rotatable bonds is 5. The van der Waals surface area contributed by atoms with Crippen molar-refractivity contribution in [3.8, 4) is 0 Å². The number of hydrogen-bond acceptors (Lipinski definition) is 6. The van der Waals surface area contributed by atoms with Crippen LogP contribution >= 0.6 is 0 Å². The fraction of sp³-hybridized carbons (Fsp3) is 0.765. The summed E-state index contributed by atoms with van der Waals surface area (Å²) in [5, 5.41) is 12.9. The SMILES string of the molecule is OCC1CCCCN1c1cc(NC2CCN(CC(F)(F)F)CC2)ncn1. The van der Waals surface area contributed by atoms with Gasteiger partial charge in [0, 0.05) is 31.7 Å². The topological polar surface area (TPSA) is 64.5 Å². The van der Waals surface area contributed by atoms with Crippen LogP contribution in [0.3, 0.4) is 0 Å². The molecule has 2 aliphatic heterocycles. The molecular weight excluding hydrogens is 347 g/mol. The van der Waals surface area contributed by atoms with Crippen LogP contribution in [0.5, 0.6) is 0 Å². The Balaban J connectivity index is 1.56. The zero-order chi connectivity index (χ0) is 18.6. The zero-order valence-corrected chi connectivity index (χ0v) is 14.8. The van der Waals surface area contributed by atoms with Gasteiger partial charge in [-0.25, -0.2) is 9.97 Å². The van der Waals surface area contributed by atoms with Crippen molar-refractivity contribution in [2.45, 2.75) is 50.4 Å². The van der Waals surface area contributed by atoms with Crippen LogP contribution in [0.2, 0.25) is 0 Å². The molecule has 2 N–H and O–H groups in total. The Hall–Kier alpha value is -1.61. The molecule has 2 fully saturated rings. The minimum absolute atomic E-state index is 0.0807. The van der Waals surface area contributed by atoms with Crippen molar-refractivity contribution in [3.63, 3.8) is 0 Å². The molecule has 3 rings (SSSR count). The molecule has 6 nitrogen and oxygen atoms in total. The first kappa shape index (κ1) is 19.2. The maximum Gasteiger partial charge on any atom is 0.401 e. The summed E-state index contributed by atoms with van der Waals surface area (Å²) in [6.45, 7) is 0.971. The van der Waals surface area contributed by atoms with Gasteiger partial charge in [0.25, 0.3) is 0 Å². The number of nitrogens with one attached hydrogen (secondary N) is 1. The summed E-state index contributed by atoms with van der Waals surface area (Å²) < 4.78 is 37.4. The van der Waals surface area contributed by atoms with Crippen molar-refractivity contribution in [1.82, 2.24) is 14.9 Å². The third-order valence-corrected chi connectivity index (χ3v) is 5.13. The Morgan fingerprint density at radius 2 is 1.88 bits per heavy atom. The number of anilines is 2. The normalized spacial score (nSPS) is 23.2. The first-order valence-corrected chi connectivity index (χ1v) is 9.20. The molecule has 9 heteroatoms. The molecule has 0 amide bonds. The number of halogens is 3. The van der Waals surface area contributed by atoms with Crippen LogP contribution in [-0.2, 0) is 0 Å². The predicted molar refractivity (Wildman–Crippen MR) is 93.2 cm³/mol. The molecule has 2 saturated heterocycles. The Morgan fingerprint density at radius 3 is 2.58 bits per heavy atom. The zero-order valence-electron chi connectivity index (χ0n) is 14.8. The van der Waals surface area contributed by atoms with Gasteiger partial charge in [-0.2, -0.15) is 13.2 Å². The molecule has 146 valence electrons. The number of aliphatic hydroxyl groups excluding tert-OH is 1. The second kappa shape index (κ2) is 8.39. The second-order valence-electron chi connectivity index (χ2n) is 7.10. The lowest BCUT2D eigenvalue weighted by Gasteiger charge is -2.36. The highest BCUT2D eigenvalue weighted by Gasteiger charge is 2.32. The molecule has 0 radical (unpaired) electrons. The van der Waals surface area contributed by atoms with Crippen molar-refractivity contribution in [2.75, 3.05) is 43.0 Å². The summed E-state index contributed by atoms with van der Waals surface area (Å²) >= 11 is 0. The van der Waals surface area contributed by atoms with Crippen LogP contribution in [-0.4, -0.2) is 71.0 Å². The molecule has 1 unspecified atom stereocenters. The number of hydrogen-bond donors (Lipinski definition) is 2. The minimum Gasteiger partial charge on any atom is -0.394 e. The maximum atomic E-state index is 12.5. The van der Waals surface area contributed by atoms with E-state index in [-0.39, 0.29) is 18.7 Å². The summed E-state index contributed by atoms with van der Waals surface area (Å²) in [7, 11) is 0. The van der Waals surface area contributed by atoms with Crippen molar-refractivity contribution in [2.24, 2.45) is 0 Å². The van der Waals surface area contributed by atoms with Crippen molar-refractivity contribution < 1.29 is 18.3 Å². The summed E-state index contributed by atoms with van der Waals surface area (Å²) in [4.78, 5) is 12.2. The van der Waals surface area contributed by atoms with Crippen LogP contribution in [0.25, 0.3) is 0 Å². The van der Waals surface area contributed by atoms with Crippen LogP contribution in [0, 0.1) is 0 Å². The highest BCUT2D eigenvalue weighted by molar-refractivity contribution is 5.50. The van der Waals surface area contributed by atoms with Gasteiger partial charge >= 0.3 is 6.18 Å². The molecule has 1 atom stereocenters. The lowest BCUT2D eigenvalue weighted by Crippen LogP contribution is -2.43. The van der Waals surface area contributed by atoms with E-state index in [0.29, 0.717) is 31.7 Å². The smallest absolute Gasteiger partial charge is 0.394 e. The summed E-state index contributed by atoms with van der Waals surface area (Å²) in [6.07, 6.45) is 1.78. The first-order valence-electron chi connectivity index (χ1n) is 9.20. The van der Waals surface area contributed by atoms with E-state index in [0.717, 1.165) is 31.6 Å². The van der Waals surface area contributed by atoms with Gasteiger partial charge < -0.3 is 15.3 Å². The van der Waals surface area contributed by atoms with Crippen LogP contribution < -0.4 is 10.2 Å². The largest absolute Gasteiger partial charge is 0.401 e. The third-order valence-electron chi connectivity index (χ3n) is 5.13. The highest BCUT2D eigenvalue weighted by atomic mass is 19.4. The van der Waals surface area contributed by atoms with Gasteiger partial charge in [-0.05, 0) is 32.1 Å². The molecule has 3 heterocycles. The molecule has 26 heavy (non-hydrogen) atoms. The number of aliphatic hydroxyl groups is 1. The highest BCUT2D eigenvalue weighted by Crippen LogP contribution is 2.25. The van der Waals surface area contributed by atoms with E-state index in [9.17, 15) is 18.3 Å². The van der Waals surface area contributed by atoms with Crippen LogP contribution in [0.4, 0.5) is 24.8 Å². The Bertz CT molecular complexity index is 578. The summed E-state index contributed by atoms with van der Waals surface area (Å²) in [5.74, 6) is 1.47. The molecule has 1 aromatic heterocycles. The number of likely N-dealkylation sites (tertiary alicyclic amines) is 1.